The highest BCUT2D eigenvalue weighted by Gasteiger charge is 2.15. The highest BCUT2D eigenvalue weighted by molar-refractivity contribution is 7.13. The van der Waals surface area contributed by atoms with Gasteiger partial charge in [0.1, 0.15) is 10.8 Å². The average Bonchev–Trinajstić information content (AvgIpc) is 2.96. The van der Waals surface area contributed by atoms with Gasteiger partial charge >= 0.3 is 0 Å². The Morgan fingerprint density at radius 1 is 1.26 bits per heavy atom. The third kappa shape index (κ3) is 4.84. The summed E-state index contributed by atoms with van der Waals surface area (Å²) < 4.78 is 13.8. The Morgan fingerprint density at radius 2 is 2.00 bits per heavy atom. The maximum atomic E-state index is 13.8. The molecule has 0 spiro atoms. The zero-order chi connectivity index (χ0) is 16.8. The molecular formula is C17H22FN3OS. The summed E-state index contributed by atoms with van der Waals surface area (Å²) in [5, 5.41) is 2.45. The van der Waals surface area contributed by atoms with Crippen molar-refractivity contribution in [3.8, 4) is 10.6 Å². The third-order valence-electron chi connectivity index (χ3n) is 3.54. The van der Waals surface area contributed by atoms with E-state index in [2.05, 4.69) is 9.88 Å². The summed E-state index contributed by atoms with van der Waals surface area (Å²) in [4.78, 5) is 20.7. The van der Waals surface area contributed by atoms with Gasteiger partial charge in [-0.05, 0) is 33.2 Å². The van der Waals surface area contributed by atoms with Crippen LogP contribution in [0.4, 0.5) is 4.39 Å². The lowest BCUT2D eigenvalue weighted by Gasteiger charge is -2.22. The molecule has 0 saturated heterocycles. The molecule has 2 rings (SSSR count). The molecule has 0 radical (unpaired) electrons. The molecule has 4 nitrogen and oxygen atoms in total. The zero-order valence-corrected chi connectivity index (χ0v) is 14.6. The van der Waals surface area contributed by atoms with Crippen LogP contribution in [0.3, 0.4) is 0 Å². The number of rotatable bonds is 7. The summed E-state index contributed by atoms with van der Waals surface area (Å²) in [6, 6.07) is 6.56. The summed E-state index contributed by atoms with van der Waals surface area (Å²) in [5.41, 5.74) is 1.18. The zero-order valence-electron chi connectivity index (χ0n) is 13.8. The van der Waals surface area contributed by atoms with Gasteiger partial charge in [-0.2, -0.15) is 0 Å². The van der Waals surface area contributed by atoms with E-state index >= 15 is 0 Å². The number of halogens is 1. The molecule has 6 heteroatoms. The standard InChI is InChI=1S/C17H22FN3OS/c1-4-21(10-9-20(2)3)16(22)11-13-12-23-17(19-13)14-7-5-6-8-15(14)18/h5-8,12H,4,9-11H2,1-3H3. The van der Waals surface area contributed by atoms with Crippen LogP contribution in [0, 0.1) is 5.82 Å². The van der Waals surface area contributed by atoms with Gasteiger partial charge < -0.3 is 9.80 Å². The normalized spacial score (nSPS) is 11.0. The number of amides is 1. The van der Waals surface area contributed by atoms with E-state index in [0.717, 1.165) is 6.54 Å². The second-order valence-corrected chi connectivity index (χ2v) is 6.44. The first-order valence-corrected chi connectivity index (χ1v) is 8.51. The van der Waals surface area contributed by atoms with Crippen molar-refractivity contribution in [2.45, 2.75) is 13.3 Å². The molecule has 1 heterocycles. The van der Waals surface area contributed by atoms with Crippen molar-refractivity contribution in [2.75, 3.05) is 33.7 Å². The van der Waals surface area contributed by atoms with Gasteiger partial charge in [-0.3, -0.25) is 4.79 Å². The van der Waals surface area contributed by atoms with Gasteiger partial charge in [-0.25, -0.2) is 9.37 Å². The number of carbonyl (C=O) groups is 1. The molecule has 0 saturated carbocycles. The number of carbonyl (C=O) groups excluding carboxylic acids is 1. The molecule has 0 fully saturated rings. The largest absolute Gasteiger partial charge is 0.341 e. The average molecular weight is 335 g/mol. The summed E-state index contributed by atoms with van der Waals surface area (Å²) in [7, 11) is 3.97. The molecule has 0 unspecified atom stereocenters. The minimum atomic E-state index is -0.291. The molecule has 1 aromatic carbocycles. The Balaban J connectivity index is 2.03. The first-order chi connectivity index (χ1) is 11.0. The highest BCUT2D eigenvalue weighted by Crippen LogP contribution is 2.26. The number of thiazole rings is 1. The number of hydrogen-bond acceptors (Lipinski definition) is 4. The van der Waals surface area contributed by atoms with E-state index in [1.807, 2.05) is 31.3 Å². The number of hydrogen-bond donors (Lipinski definition) is 0. The van der Waals surface area contributed by atoms with E-state index < -0.39 is 0 Å². The van der Waals surface area contributed by atoms with Gasteiger partial charge in [0.05, 0.1) is 12.1 Å². The fourth-order valence-corrected chi connectivity index (χ4v) is 3.04. The van der Waals surface area contributed by atoms with Gasteiger partial charge in [0, 0.05) is 30.6 Å². The molecule has 1 amide bonds. The van der Waals surface area contributed by atoms with Crippen molar-refractivity contribution in [1.29, 1.82) is 0 Å². The minimum absolute atomic E-state index is 0.0553. The van der Waals surface area contributed by atoms with Crippen molar-refractivity contribution in [2.24, 2.45) is 0 Å². The third-order valence-corrected chi connectivity index (χ3v) is 4.46. The quantitative estimate of drug-likeness (QED) is 0.781. The van der Waals surface area contributed by atoms with Crippen LogP contribution in [0.15, 0.2) is 29.6 Å². The Morgan fingerprint density at radius 3 is 2.65 bits per heavy atom. The lowest BCUT2D eigenvalue weighted by Crippen LogP contribution is -2.37. The van der Waals surface area contributed by atoms with Crippen molar-refractivity contribution >= 4 is 17.2 Å². The van der Waals surface area contributed by atoms with E-state index in [0.29, 0.717) is 29.4 Å². The highest BCUT2D eigenvalue weighted by atomic mass is 32.1. The first kappa shape index (κ1) is 17.6. The van der Waals surface area contributed by atoms with Crippen molar-refractivity contribution in [3.05, 3.63) is 41.2 Å². The molecule has 1 aromatic heterocycles. The van der Waals surface area contributed by atoms with Crippen LogP contribution in [0.1, 0.15) is 12.6 Å². The molecule has 2 aromatic rings. The van der Waals surface area contributed by atoms with E-state index in [-0.39, 0.29) is 18.1 Å². The van der Waals surface area contributed by atoms with Crippen LogP contribution in [0.25, 0.3) is 10.6 Å². The molecular weight excluding hydrogens is 313 g/mol. The first-order valence-electron chi connectivity index (χ1n) is 7.63. The van der Waals surface area contributed by atoms with Crippen LogP contribution in [-0.2, 0) is 11.2 Å². The fraction of sp³-hybridized carbons (Fsp3) is 0.412. The summed E-state index contributed by atoms with van der Waals surface area (Å²) in [6.45, 7) is 4.18. The van der Waals surface area contributed by atoms with E-state index in [1.165, 1.54) is 17.4 Å². The Labute approximate surface area is 140 Å². The predicted molar refractivity (Wildman–Crippen MR) is 92.0 cm³/mol. The molecule has 124 valence electrons. The molecule has 0 aliphatic carbocycles. The van der Waals surface area contributed by atoms with Crippen molar-refractivity contribution < 1.29 is 9.18 Å². The van der Waals surface area contributed by atoms with E-state index in [4.69, 9.17) is 0 Å². The molecule has 0 aliphatic heterocycles. The van der Waals surface area contributed by atoms with Gasteiger partial charge in [0.2, 0.25) is 5.91 Å². The summed E-state index contributed by atoms with van der Waals surface area (Å²) in [6.07, 6.45) is 0.256. The smallest absolute Gasteiger partial charge is 0.228 e. The Kier molecular flexibility index (Phi) is 6.24. The Bertz CT molecular complexity index is 657. The van der Waals surface area contributed by atoms with E-state index in [9.17, 15) is 9.18 Å². The minimum Gasteiger partial charge on any atom is -0.341 e. The molecule has 0 N–H and O–H groups in total. The second kappa shape index (κ2) is 8.17. The van der Waals surface area contributed by atoms with Crippen LogP contribution in [0.5, 0.6) is 0 Å². The van der Waals surface area contributed by atoms with Crippen molar-refractivity contribution in [1.82, 2.24) is 14.8 Å². The number of aromatic nitrogens is 1. The van der Waals surface area contributed by atoms with Gasteiger partial charge in [0.15, 0.2) is 0 Å². The summed E-state index contributed by atoms with van der Waals surface area (Å²) >= 11 is 1.37. The van der Waals surface area contributed by atoms with Gasteiger partial charge in [-0.15, -0.1) is 11.3 Å². The van der Waals surface area contributed by atoms with Gasteiger partial charge in [-0.1, -0.05) is 12.1 Å². The monoisotopic (exact) mass is 335 g/mol. The predicted octanol–water partition coefficient (Wildman–Crippen LogP) is 2.90. The lowest BCUT2D eigenvalue weighted by molar-refractivity contribution is -0.130. The van der Waals surface area contributed by atoms with Crippen molar-refractivity contribution in [3.63, 3.8) is 0 Å². The van der Waals surface area contributed by atoms with Crippen LogP contribution < -0.4 is 0 Å². The molecule has 23 heavy (non-hydrogen) atoms. The van der Waals surface area contributed by atoms with Crippen LogP contribution in [0.2, 0.25) is 0 Å². The maximum absolute atomic E-state index is 13.8. The van der Waals surface area contributed by atoms with E-state index in [1.54, 1.807) is 18.2 Å². The summed E-state index contributed by atoms with van der Waals surface area (Å²) in [5.74, 6) is -0.236. The van der Waals surface area contributed by atoms with Crippen LogP contribution in [-0.4, -0.2) is 54.4 Å². The molecule has 0 aliphatic rings. The Hall–Kier alpha value is -1.79. The number of nitrogens with zero attached hydrogens (tertiary/aromatic N) is 3. The topological polar surface area (TPSA) is 36.4 Å². The molecule has 0 bridgehead atoms. The number of benzene rings is 1. The SMILES string of the molecule is CCN(CCN(C)C)C(=O)Cc1csc(-c2ccccc2F)n1. The number of likely N-dealkylation sites (N-methyl/N-ethyl adjacent to an activating group) is 2. The van der Waals surface area contributed by atoms with Gasteiger partial charge in [0.25, 0.3) is 0 Å². The second-order valence-electron chi connectivity index (χ2n) is 5.58. The maximum Gasteiger partial charge on any atom is 0.228 e. The molecule has 0 atom stereocenters. The van der Waals surface area contributed by atoms with Crippen LogP contribution >= 0.6 is 11.3 Å². The fourth-order valence-electron chi connectivity index (χ4n) is 2.19. The lowest BCUT2D eigenvalue weighted by atomic mass is 10.2.